The molecule has 0 heterocycles. The molecule has 3 aliphatic carbocycles. The van der Waals surface area contributed by atoms with Gasteiger partial charge in [0.25, 0.3) is 0 Å². The van der Waals surface area contributed by atoms with Crippen molar-refractivity contribution < 1.29 is 61.7 Å². The van der Waals surface area contributed by atoms with Crippen LogP contribution in [0.2, 0.25) is 0 Å². The zero-order valence-corrected chi connectivity index (χ0v) is 10.9. The molecule has 1 aromatic carbocycles. The summed E-state index contributed by atoms with van der Waals surface area (Å²) >= 11 is 0. The molecule has 2 unspecified atom stereocenters. The van der Waals surface area contributed by atoms with Crippen LogP contribution < -0.4 is 61.7 Å². The van der Waals surface area contributed by atoms with Gasteiger partial charge < -0.3 is 17.9 Å². The first-order chi connectivity index (χ1) is 6.80. The Morgan fingerprint density at radius 2 is 1.29 bits per heavy atom. The van der Waals surface area contributed by atoms with Crippen LogP contribution in [-0.4, -0.2) is 6.10 Å². The molecule has 0 aromatic heterocycles. The van der Waals surface area contributed by atoms with Gasteiger partial charge >= 0.3 is 56.6 Å². The predicted octanol–water partition coefficient (Wildman–Crippen LogP) is -7.87. The number of hydrogen-bond donors (Lipinski definition) is 0. The average Bonchev–Trinajstić information content (AvgIpc) is 3.11. The van der Waals surface area contributed by atoms with Gasteiger partial charge in [-0.2, -0.15) is 29.8 Å². The molecule has 0 aliphatic heterocycles. The fourth-order valence-electron chi connectivity index (χ4n) is 3.12. The fourth-order valence-corrected chi connectivity index (χ4v) is 3.12. The van der Waals surface area contributed by atoms with Gasteiger partial charge in [0.15, 0.2) is 0 Å². The molecule has 3 aliphatic rings. The van der Waals surface area contributed by atoms with E-state index < -0.39 is 6.10 Å². The third kappa shape index (κ3) is 1.80. The third-order valence-electron chi connectivity index (χ3n) is 4.15. The van der Waals surface area contributed by atoms with Crippen LogP contribution in [0.4, 0.5) is 0 Å². The summed E-state index contributed by atoms with van der Waals surface area (Å²) in [5.41, 5.74) is 2.47. The van der Waals surface area contributed by atoms with Gasteiger partial charge in [-0.25, -0.2) is 0 Å². The second-order valence-electron chi connectivity index (χ2n) is 4.82. The van der Waals surface area contributed by atoms with Crippen LogP contribution in [-0.2, 0) is 10.8 Å². The third-order valence-corrected chi connectivity index (χ3v) is 4.15. The van der Waals surface area contributed by atoms with Crippen LogP contribution in [0, 0.1) is 12.8 Å². The van der Waals surface area contributed by atoms with Gasteiger partial charge in [0.1, 0.15) is 0 Å². The topological polar surface area (TPSA) is 23.1 Å². The fraction of sp³-hybridized carbons (Fsp3) is 0.385. The van der Waals surface area contributed by atoms with E-state index in [4.69, 9.17) is 0 Å². The maximum Gasteiger partial charge on any atom is 1.00 e. The van der Waals surface area contributed by atoms with Gasteiger partial charge in [-0.05, 0) is 0 Å². The van der Waals surface area contributed by atoms with Crippen LogP contribution in [0.15, 0.2) is 24.3 Å². The molecule has 0 saturated heterocycles. The van der Waals surface area contributed by atoms with Crippen molar-refractivity contribution in [2.75, 3.05) is 0 Å². The first-order valence-electron chi connectivity index (χ1n) is 5.24. The van der Waals surface area contributed by atoms with Crippen LogP contribution >= 0.6 is 0 Å². The first kappa shape index (κ1) is 16.0. The van der Waals surface area contributed by atoms with Crippen molar-refractivity contribution in [1.29, 1.82) is 0 Å². The molecular weight excluding hydrogens is 193 g/mol. The minimum Gasteiger partial charge on any atom is -0.854 e. The van der Waals surface area contributed by atoms with Gasteiger partial charge in [-0.3, -0.25) is 0 Å². The van der Waals surface area contributed by atoms with E-state index in [1.54, 1.807) is 0 Å². The summed E-state index contributed by atoms with van der Waals surface area (Å²) in [5.74, 6) is 0. The molecule has 72 valence electrons. The molecule has 4 heteroatoms. The standard InChI is InChI=1S/C13H11O.3Li/c14-11-12(5-6-12)9-3-1-2-4-10(9)13(11)7-8-13;;;/h1-5,7,11H,6,8H2;;;/q-3;3*+1/t11?,12-,13?;;;/m1.../s1. The molecule has 1 aromatic rings. The van der Waals surface area contributed by atoms with Crippen molar-refractivity contribution in [2.45, 2.75) is 29.8 Å². The van der Waals surface area contributed by atoms with Gasteiger partial charge in [0.05, 0.1) is 0 Å². The van der Waals surface area contributed by atoms with Gasteiger partial charge in [-0.1, -0.05) is 35.4 Å². The first-order valence-corrected chi connectivity index (χ1v) is 5.24. The Hall–Kier alpha value is 0.972. The second kappa shape index (κ2) is 4.82. The molecular formula is C13H11Li3O. The largest absolute Gasteiger partial charge is 1.00 e. The summed E-state index contributed by atoms with van der Waals surface area (Å²) in [7, 11) is 0. The summed E-state index contributed by atoms with van der Waals surface area (Å²) in [6.45, 7) is 0. The van der Waals surface area contributed by atoms with Crippen molar-refractivity contribution >= 4 is 0 Å². The zero-order chi connectivity index (χ0) is 9.39. The Kier molecular flexibility index (Phi) is 4.54. The predicted molar refractivity (Wildman–Crippen MR) is 51.4 cm³/mol. The number of hydrogen-bond acceptors (Lipinski definition) is 1. The molecule has 3 atom stereocenters. The molecule has 0 bridgehead atoms. The number of benzene rings is 1. The molecule has 0 N–H and O–H groups in total. The van der Waals surface area contributed by atoms with E-state index in [-0.39, 0.29) is 67.4 Å². The van der Waals surface area contributed by atoms with E-state index in [2.05, 4.69) is 37.1 Å². The number of fused-ring (bicyclic) bond motifs is 3. The maximum absolute atomic E-state index is 12.4. The zero-order valence-electron chi connectivity index (χ0n) is 10.9. The van der Waals surface area contributed by atoms with E-state index in [0.717, 1.165) is 12.8 Å². The van der Waals surface area contributed by atoms with Crippen molar-refractivity contribution in [3.8, 4) is 0 Å². The molecule has 0 amide bonds. The minimum absolute atomic E-state index is 0. The van der Waals surface area contributed by atoms with E-state index in [9.17, 15) is 5.11 Å². The van der Waals surface area contributed by atoms with Crippen molar-refractivity contribution in [2.24, 2.45) is 0 Å². The van der Waals surface area contributed by atoms with Crippen molar-refractivity contribution in [3.63, 3.8) is 0 Å². The summed E-state index contributed by atoms with van der Waals surface area (Å²) in [6.07, 6.45) is 5.95. The smallest absolute Gasteiger partial charge is 0.854 e. The van der Waals surface area contributed by atoms with E-state index >= 15 is 0 Å². The van der Waals surface area contributed by atoms with Crippen LogP contribution in [0.3, 0.4) is 0 Å². The molecule has 0 radical (unpaired) electrons. The minimum atomic E-state index is -0.438. The average molecular weight is 204 g/mol. The van der Waals surface area contributed by atoms with Crippen molar-refractivity contribution in [3.05, 3.63) is 48.2 Å². The van der Waals surface area contributed by atoms with E-state index in [0.29, 0.717) is 0 Å². The summed E-state index contributed by atoms with van der Waals surface area (Å²) in [5, 5.41) is 12.4. The molecule has 2 saturated carbocycles. The Morgan fingerprint density at radius 3 is 1.59 bits per heavy atom. The SMILES string of the molecule is [Li+].[Li+].[Li+].[O-]C1C2([CH-]C2)c2ccccc2[C@]12[CH-]C2. The Morgan fingerprint density at radius 1 is 0.941 bits per heavy atom. The molecule has 1 nitrogen and oxygen atoms in total. The molecule has 4 rings (SSSR count). The summed E-state index contributed by atoms with van der Waals surface area (Å²) in [4.78, 5) is 0. The van der Waals surface area contributed by atoms with Crippen LogP contribution in [0.1, 0.15) is 24.0 Å². The Bertz CT molecular complexity index is 385. The quantitative estimate of drug-likeness (QED) is 0.304. The van der Waals surface area contributed by atoms with Gasteiger partial charge in [-0.15, -0.1) is 0 Å². The number of rotatable bonds is 0. The molecule has 2 spiro atoms. The normalized spacial score (nSPS) is 38.8. The van der Waals surface area contributed by atoms with E-state index in [1.165, 1.54) is 11.1 Å². The van der Waals surface area contributed by atoms with Gasteiger partial charge in [0, 0.05) is 0 Å². The Labute approximate surface area is 139 Å². The second-order valence-corrected chi connectivity index (χ2v) is 4.82. The van der Waals surface area contributed by atoms with Crippen LogP contribution in [0.5, 0.6) is 0 Å². The summed E-state index contributed by atoms with van der Waals surface area (Å²) < 4.78 is 0. The summed E-state index contributed by atoms with van der Waals surface area (Å²) in [6, 6.07) is 8.40. The molecule has 2 fully saturated rings. The van der Waals surface area contributed by atoms with Crippen molar-refractivity contribution in [1.82, 2.24) is 0 Å². The van der Waals surface area contributed by atoms with Gasteiger partial charge in [0.2, 0.25) is 0 Å². The van der Waals surface area contributed by atoms with E-state index in [1.807, 2.05) is 0 Å². The Balaban J connectivity index is 0.000000482. The van der Waals surface area contributed by atoms with Crippen LogP contribution in [0.25, 0.3) is 0 Å². The molecule has 17 heavy (non-hydrogen) atoms. The monoisotopic (exact) mass is 204 g/mol. The maximum atomic E-state index is 12.4.